The average Bonchev–Trinajstić information content (AvgIpc) is 3.58. The molecule has 9 nitrogen and oxygen atoms in total. The molecule has 1 fully saturated rings. The molecule has 1 aliphatic rings. The lowest BCUT2D eigenvalue weighted by Crippen LogP contribution is -2.42. The number of carbonyl (C=O) groups excluding carboxylic acids is 1. The van der Waals surface area contributed by atoms with Gasteiger partial charge in [0.2, 0.25) is 0 Å². The van der Waals surface area contributed by atoms with E-state index in [0.29, 0.717) is 45.5 Å². The molecule has 1 aromatic carbocycles. The van der Waals surface area contributed by atoms with Gasteiger partial charge in [-0.2, -0.15) is 0 Å². The molecule has 4 aromatic heterocycles. The van der Waals surface area contributed by atoms with E-state index in [0.717, 1.165) is 30.7 Å². The van der Waals surface area contributed by atoms with E-state index in [1.54, 1.807) is 11.6 Å². The largest absolute Gasteiger partial charge is 0.375 e. The fourth-order valence-electron chi connectivity index (χ4n) is 5.00. The van der Waals surface area contributed by atoms with Gasteiger partial charge in [-0.05, 0) is 37.8 Å². The molecular formula is C25H24F2N8OS. The van der Waals surface area contributed by atoms with E-state index in [4.69, 9.17) is 15.7 Å². The number of anilines is 2. The number of hydrogen-bond donors (Lipinski definition) is 4. The summed E-state index contributed by atoms with van der Waals surface area (Å²) in [5.41, 5.74) is 7.40. The Kier molecular flexibility index (Phi) is 5.75. The second-order valence-electron chi connectivity index (χ2n) is 9.32. The third kappa shape index (κ3) is 4.37. The van der Waals surface area contributed by atoms with Crippen molar-refractivity contribution in [2.24, 2.45) is 7.05 Å². The molecule has 0 spiro atoms. The Balaban J connectivity index is 1.29. The number of H-pyrrole nitrogens is 1. The molecule has 1 aliphatic carbocycles. The fraction of sp³-hybridized carbons (Fsp3) is 0.280. The van der Waals surface area contributed by atoms with Crippen LogP contribution in [-0.4, -0.2) is 42.5 Å². The van der Waals surface area contributed by atoms with Crippen molar-refractivity contribution < 1.29 is 13.6 Å². The highest BCUT2D eigenvalue weighted by atomic mass is 32.1. The van der Waals surface area contributed by atoms with Gasteiger partial charge in [0.25, 0.3) is 5.91 Å². The summed E-state index contributed by atoms with van der Waals surface area (Å²) in [6.07, 6.45) is 6.91. The SMILES string of the molecule is Cn1ccc2c(NC3CCCC(NC(=O)c4csc(N)n4)C3)nc(-c3c[nH]c4c(F)cc(F)cc34)nc21. The van der Waals surface area contributed by atoms with E-state index in [1.807, 2.05) is 23.9 Å². The lowest BCUT2D eigenvalue weighted by molar-refractivity contribution is 0.0922. The Morgan fingerprint density at radius 2 is 2.03 bits per heavy atom. The predicted molar refractivity (Wildman–Crippen MR) is 139 cm³/mol. The number of nitrogens with two attached hydrogens (primary N) is 1. The van der Waals surface area contributed by atoms with Crippen LogP contribution in [0.15, 0.2) is 36.0 Å². The first-order valence-corrected chi connectivity index (χ1v) is 12.8. The summed E-state index contributed by atoms with van der Waals surface area (Å²) < 4.78 is 30.2. The zero-order chi connectivity index (χ0) is 25.7. The molecule has 5 N–H and O–H groups in total. The molecule has 1 amide bonds. The van der Waals surface area contributed by atoms with Crippen LogP contribution in [0.25, 0.3) is 33.3 Å². The minimum absolute atomic E-state index is 0.0196. The third-order valence-electron chi connectivity index (χ3n) is 6.78. The molecule has 37 heavy (non-hydrogen) atoms. The smallest absolute Gasteiger partial charge is 0.271 e. The molecule has 6 rings (SSSR count). The predicted octanol–water partition coefficient (Wildman–Crippen LogP) is 4.59. The normalized spacial score (nSPS) is 17.9. The van der Waals surface area contributed by atoms with Crippen molar-refractivity contribution in [3.05, 3.63) is 53.3 Å². The van der Waals surface area contributed by atoms with E-state index in [-0.39, 0.29) is 23.5 Å². The van der Waals surface area contributed by atoms with E-state index >= 15 is 0 Å². The highest BCUT2D eigenvalue weighted by molar-refractivity contribution is 7.13. The van der Waals surface area contributed by atoms with Crippen LogP contribution < -0.4 is 16.4 Å². The van der Waals surface area contributed by atoms with Crippen LogP contribution in [0.3, 0.4) is 0 Å². The van der Waals surface area contributed by atoms with Crippen molar-refractivity contribution in [1.29, 1.82) is 0 Å². The molecule has 1 saturated carbocycles. The second-order valence-corrected chi connectivity index (χ2v) is 10.2. The quantitative estimate of drug-likeness (QED) is 0.268. The van der Waals surface area contributed by atoms with Crippen LogP contribution >= 0.6 is 11.3 Å². The van der Waals surface area contributed by atoms with Gasteiger partial charge in [0.05, 0.1) is 10.9 Å². The molecule has 0 radical (unpaired) electrons. The fourth-order valence-corrected chi connectivity index (χ4v) is 5.55. The van der Waals surface area contributed by atoms with E-state index in [1.165, 1.54) is 17.4 Å². The number of nitrogen functional groups attached to an aromatic ring is 1. The van der Waals surface area contributed by atoms with Gasteiger partial charge in [0.1, 0.15) is 28.8 Å². The summed E-state index contributed by atoms with van der Waals surface area (Å²) in [6, 6.07) is 4.10. The topological polar surface area (TPSA) is 127 Å². The Bertz CT molecular complexity index is 1640. The maximum Gasteiger partial charge on any atom is 0.271 e. The summed E-state index contributed by atoms with van der Waals surface area (Å²) in [5.74, 6) is -0.576. The van der Waals surface area contributed by atoms with Gasteiger partial charge < -0.3 is 25.9 Å². The van der Waals surface area contributed by atoms with Gasteiger partial charge >= 0.3 is 0 Å². The molecular weight excluding hydrogens is 498 g/mol. The maximum atomic E-state index is 14.3. The van der Waals surface area contributed by atoms with Gasteiger partial charge in [-0.3, -0.25) is 4.79 Å². The van der Waals surface area contributed by atoms with Gasteiger partial charge in [-0.25, -0.2) is 23.7 Å². The Labute approximate surface area is 214 Å². The summed E-state index contributed by atoms with van der Waals surface area (Å²) in [5, 5.41) is 9.85. The van der Waals surface area contributed by atoms with Crippen molar-refractivity contribution in [2.45, 2.75) is 37.8 Å². The first kappa shape index (κ1) is 23.3. The van der Waals surface area contributed by atoms with Crippen molar-refractivity contribution in [2.75, 3.05) is 11.1 Å². The lowest BCUT2D eigenvalue weighted by atomic mass is 9.90. The number of aromatic nitrogens is 5. The number of nitrogens with zero attached hydrogens (tertiary/aromatic N) is 4. The highest BCUT2D eigenvalue weighted by Gasteiger charge is 2.26. The number of fused-ring (bicyclic) bond motifs is 2. The van der Waals surface area contributed by atoms with Crippen LogP contribution in [0.5, 0.6) is 0 Å². The number of hydrogen-bond acceptors (Lipinski definition) is 7. The highest BCUT2D eigenvalue weighted by Crippen LogP contribution is 2.33. The number of aryl methyl sites for hydroxylation is 1. The monoisotopic (exact) mass is 522 g/mol. The average molecular weight is 523 g/mol. The van der Waals surface area contributed by atoms with Crippen LogP contribution in [0, 0.1) is 11.6 Å². The summed E-state index contributed by atoms with van der Waals surface area (Å²) >= 11 is 1.24. The minimum atomic E-state index is -0.671. The zero-order valence-electron chi connectivity index (χ0n) is 19.9. The van der Waals surface area contributed by atoms with Crippen molar-refractivity contribution in [1.82, 2.24) is 29.8 Å². The lowest BCUT2D eigenvalue weighted by Gasteiger charge is -2.30. The first-order valence-electron chi connectivity index (χ1n) is 11.9. The number of halogens is 2. The molecule has 2 unspecified atom stereocenters. The standard InChI is InChI=1S/C25H24F2N8OS/c1-35-6-5-15-21(30-13-3-2-4-14(9-13)31-24(36)19-11-37-25(28)32-19)33-22(34-23(15)35)17-10-29-20-16(17)7-12(26)8-18(20)27/h5-8,10-11,13-14,29H,2-4,9H2,1H3,(H2,28,32)(H,31,36)(H,30,33,34). The van der Waals surface area contributed by atoms with Crippen LogP contribution in [0.2, 0.25) is 0 Å². The Morgan fingerprint density at radius 3 is 2.84 bits per heavy atom. The van der Waals surface area contributed by atoms with Crippen molar-refractivity contribution >= 4 is 50.1 Å². The number of amides is 1. The second kappa shape index (κ2) is 9.11. The van der Waals surface area contributed by atoms with E-state index in [9.17, 15) is 13.6 Å². The number of rotatable bonds is 5. The summed E-state index contributed by atoms with van der Waals surface area (Å²) in [4.78, 5) is 29.0. The van der Waals surface area contributed by atoms with Crippen LogP contribution in [0.1, 0.15) is 36.2 Å². The molecule has 0 bridgehead atoms. The van der Waals surface area contributed by atoms with E-state index in [2.05, 4.69) is 20.6 Å². The Hall–Kier alpha value is -4.06. The third-order valence-corrected chi connectivity index (χ3v) is 7.45. The molecule has 12 heteroatoms. The molecule has 5 aromatic rings. The summed E-state index contributed by atoms with van der Waals surface area (Å²) in [7, 11) is 1.88. The van der Waals surface area contributed by atoms with Crippen molar-refractivity contribution in [3.8, 4) is 11.4 Å². The summed E-state index contributed by atoms with van der Waals surface area (Å²) in [6.45, 7) is 0. The van der Waals surface area contributed by atoms with Crippen LogP contribution in [0.4, 0.5) is 19.7 Å². The van der Waals surface area contributed by atoms with Gasteiger partial charge in [-0.15, -0.1) is 11.3 Å². The number of nitrogens with one attached hydrogen (secondary N) is 3. The molecule has 190 valence electrons. The number of thiazole rings is 1. The number of benzene rings is 1. The Morgan fingerprint density at radius 1 is 1.19 bits per heavy atom. The first-order chi connectivity index (χ1) is 17.9. The minimum Gasteiger partial charge on any atom is -0.375 e. The molecule has 2 atom stereocenters. The maximum absolute atomic E-state index is 14.3. The van der Waals surface area contributed by atoms with Gasteiger partial charge in [0.15, 0.2) is 11.0 Å². The molecule has 4 heterocycles. The number of carbonyl (C=O) groups is 1. The number of aromatic amines is 1. The molecule has 0 saturated heterocycles. The van der Waals surface area contributed by atoms with Crippen LogP contribution in [-0.2, 0) is 7.05 Å². The van der Waals surface area contributed by atoms with E-state index < -0.39 is 11.6 Å². The van der Waals surface area contributed by atoms with Gasteiger partial charge in [0, 0.05) is 53.9 Å². The molecule has 0 aliphatic heterocycles. The zero-order valence-corrected chi connectivity index (χ0v) is 20.7. The van der Waals surface area contributed by atoms with Crippen molar-refractivity contribution in [3.63, 3.8) is 0 Å². The van der Waals surface area contributed by atoms with Gasteiger partial charge in [-0.1, -0.05) is 0 Å².